The van der Waals surface area contributed by atoms with E-state index in [1.165, 1.54) is 0 Å². The zero-order valence-electron chi connectivity index (χ0n) is 10.3. The van der Waals surface area contributed by atoms with Gasteiger partial charge in [0.15, 0.2) is 0 Å². The van der Waals surface area contributed by atoms with E-state index in [9.17, 15) is 4.79 Å². The molecule has 0 bridgehead atoms. The standard InChI is InChI=1S/C14H14ClN3O/c15-13-7-11(14(16)19)1-2-12(13)9-18-8-10-3-5-17-6-4-10/h1-7,18H,8-9H2,(H2,16,19). The van der Waals surface area contributed by atoms with Crippen molar-refractivity contribution in [2.24, 2.45) is 5.73 Å². The molecule has 1 aromatic heterocycles. The van der Waals surface area contributed by atoms with Crippen LogP contribution < -0.4 is 11.1 Å². The van der Waals surface area contributed by atoms with Crippen LogP contribution in [0.1, 0.15) is 21.5 Å². The molecule has 1 aromatic carbocycles. The summed E-state index contributed by atoms with van der Waals surface area (Å²) in [5.41, 5.74) is 7.69. The molecule has 3 N–H and O–H groups in total. The quantitative estimate of drug-likeness (QED) is 0.878. The van der Waals surface area contributed by atoms with Crippen LogP contribution in [0.5, 0.6) is 0 Å². The number of nitrogens with zero attached hydrogens (tertiary/aromatic N) is 1. The van der Waals surface area contributed by atoms with Gasteiger partial charge >= 0.3 is 0 Å². The van der Waals surface area contributed by atoms with Crippen molar-refractivity contribution in [1.29, 1.82) is 0 Å². The third kappa shape index (κ3) is 3.77. The maximum absolute atomic E-state index is 11.0. The van der Waals surface area contributed by atoms with Gasteiger partial charge in [-0.3, -0.25) is 9.78 Å². The molecular formula is C14H14ClN3O. The molecule has 4 nitrogen and oxygen atoms in total. The van der Waals surface area contributed by atoms with Gasteiger partial charge in [0.2, 0.25) is 5.91 Å². The van der Waals surface area contributed by atoms with Crippen molar-refractivity contribution in [3.8, 4) is 0 Å². The van der Waals surface area contributed by atoms with E-state index in [1.54, 1.807) is 24.5 Å². The van der Waals surface area contributed by atoms with E-state index in [1.807, 2.05) is 18.2 Å². The predicted octanol–water partition coefficient (Wildman–Crippen LogP) is 2.12. The molecule has 0 radical (unpaired) electrons. The zero-order valence-corrected chi connectivity index (χ0v) is 11.0. The van der Waals surface area contributed by atoms with Gasteiger partial charge in [-0.1, -0.05) is 17.7 Å². The molecule has 0 unspecified atom stereocenters. The van der Waals surface area contributed by atoms with Gasteiger partial charge in [0, 0.05) is 36.1 Å². The van der Waals surface area contributed by atoms with Gasteiger partial charge in [0.1, 0.15) is 0 Å². The van der Waals surface area contributed by atoms with E-state index >= 15 is 0 Å². The number of halogens is 1. The molecule has 2 rings (SSSR count). The number of nitrogens with two attached hydrogens (primary N) is 1. The van der Waals surface area contributed by atoms with Crippen molar-refractivity contribution in [3.63, 3.8) is 0 Å². The number of nitrogens with one attached hydrogen (secondary N) is 1. The van der Waals surface area contributed by atoms with Crippen LogP contribution in [0.15, 0.2) is 42.7 Å². The number of hydrogen-bond donors (Lipinski definition) is 2. The van der Waals surface area contributed by atoms with Crippen LogP contribution in [0, 0.1) is 0 Å². The molecule has 98 valence electrons. The summed E-state index contributed by atoms with van der Waals surface area (Å²) in [6.07, 6.45) is 3.51. The lowest BCUT2D eigenvalue weighted by Gasteiger charge is -2.07. The fourth-order valence-electron chi connectivity index (χ4n) is 1.69. The second-order valence-electron chi connectivity index (χ2n) is 4.13. The molecule has 0 spiro atoms. The van der Waals surface area contributed by atoms with Crippen molar-refractivity contribution in [2.75, 3.05) is 0 Å². The highest BCUT2D eigenvalue weighted by Gasteiger charge is 2.05. The summed E-state index contributed by atoms with van der Waals surface area (Å²) in [7, 11) is 0. The zero-order chi connectivity index (χ0) is 13.7. The lowest BCUT2D eigenvalue weighted by molar-refractivity contribution is 0.100. The maximum atomic E-state index is 11.0. The monoisotopic (exact) mass is 275 g/mol. The summed E-state index contributed by atoms with van der Waals surface area (Å²) in [6, 6.07) is 8.97. The maximum Gasteiger partial charge on any atom is 0.248 e. The van der Waals surface area contributed by atoms with Crippen LogP contribution in [-0.4, -0.2) is 10.9 Å². The summed E-state index contributed by atoms with van der Waals surface area (Å²) < 4.78 is 0. The first-order valence-corrected chi connectivity index (χ1v) is 6.22. The van der Waals surface area contributed by atoms with Crippen LogP contribution in [0.3, 0.4) is 0 Å². The van der Waals surface area contributed by atoms with E-state index in [-0.39, 0.29) is 0 Å². The number of amides is 1. The molecule has 0 saturated heterocycles. The third-order valence-corrected chi connectivity index (χ3v) is 3.08. The second kappa shape index (κ2) is 6.31. The van der Waals surface area contributed by atoms with Crippen molar-refractivity contribution in [1.82, 2.24) is 10.3 Å². The molecule has 1 heterocycles. The average molecular weight is 276 g/mol. The molecule has 0 aliphatic rings. The number of primary amides is 1. The Hall–Kier alpha value is -1.91. The molecule has 2 aromatic rings. The summed E-state index contributed by atoms with van der Waals surface area (Å²) in [5.74, 6) is -0.474. The van der Waals surface area contributed by atoms with Gasteiger partial charge in [0.05, 0.1) is 0 Å². The minimum Gasteiger partial charge on any atom is -0.366 e. The number of pyridine rings is 1. The predicted molar refractivity (Wildman–Crippen MR) is 74.8 cm³/mol. The minimum atomic E-state index is -0.474. The minimum absolute atomic E-state index is 0.419. The van der Waals surface area contributed by atoms with Crippen LogP contribution in [-0.2, 0) is 13.1 Å². The fraction of sp³-hybridized carbons (Fsp3) is 0.143. The van der Waals surface area contributed by atoms with Crippen molar-refractivity contribution < 1.29 is 4.79 Å². The number of aromatic nitrogens is 1. The number of rotatable bonds is 5. The van der Waals surface area contributed by atoms with E-state index in [0.29, 0.717) is 17.1 Å². The SMILES string of the molecule is NC(=O)c1ccc(CNCc2ccncc2)c(Cl)c1. The summed E-state index contributed by atoms with van der Waals surface area (Å²) in [4.78, 5) is 15.0. The largest absolute Gasteiger partial charge is 0.366 e. The molecule has 0 atom stereocenters. The first-order chi connectivity index (χ1) is 9.16. The normalized spacial score (nSPS) is 10.4. The lowest BCUT2D eigenvalue weighted by atomic mass is 10.1. The summed E-state index contributed by atoms with van der Waals surface area (Å²) >= 11 is 6.10. The molecule has 0 saturated carbocycles. The summed E-state index contributed by atoms with van der Waals surface area (Å²) in [5, 5.41) is 3.82. The Labute approximate surface area is 116 Å². The highest BCUT2D eigenvalue weighted by molar-refractivity contribution is 6.31. The van der Waals surface area contributed by atoms with E-state index in [4.69, 9.17) is 17.3 Å². The van der Waals surface area contributed by atoms with Crippen LogP contribution in [0.4, 0.5) is 0 Å². The molecule has 5 heteroatoms. The molecular weight excluding hydrogens is 262 g/mol. The highest BCUT2D eigenvalue weighted by Crippen LogP contribution is 2.17. The topological polar surface area (TPSA) is 68.0 Å². The van der Waals surface area contributed by atoms with Crippen molar-refractivity contribution in [2.45, 2.75) is 13.1 Å². The Bertz CT molecular complexity index is 572. The van der Waals surface area contributed by atoms with Gasteiger partial charge in [-0.05, 0) is 35.4 Å². The third-order valence-electron chi connectivity index (χ3n) is 2.73. The Morgan fingerprint density at radius 2 is 1.95 bits per heavy atom. The van der Waals surface area contributed by atoms with Crippen LogP contribution >= 0.6 is 11.6 Å². The lowest BCUT2D eigenvalue weighted by Crippen LogP contribution is -2.14. The number of hydrogen-bond acceptors (Lipinski definition) is 3. The van der Waals surface area contributed by atoms with Gasteiger partial charge in [0.25, 0.3) is 0 Å². The van der Waals surface area contributed by atoms with Gasteiger partial charge in [-0.15, -0.1) is 0 Å². The Morgan fingerprint density at radius 3 is 2.58 bits per heavy atom. The Morgan fingerprint density at radius 1 is 1.21 bits per heavy atom. The summed E-state index contributed by atoms with van der Waals surface area (Å²) in [6.45, 7) is 1.36. The van der Waals surface area contributed by atoms with Crippen molar-refractivity contribution >= 4 is 17.5 Å². The van der Waals surface area contributed by atoms with Crippen LogP contribution in [0.2, 0.25) is 5.02 Å². The van der Waals surface area contributed by atoms with E-state index in [0.717, 1.165) is 17.7 Å². The molecule has 0 fully saturated rings. The van der Waals surface area contributed by atoms with E-state index < -0.39 is 5.91 Å². The van der Waals surface area contributed by atoms with Gasteiger partial charge < -0.3 is 11.1 Å². The van der Waals surface area contributed by atoms with Crippen LogP contribution in [0.25, 0.3) is 0 Å². The van der Waals surface area contributed by atoms with E-state index in [2.05, 4.69) is 10.3 Å². The fourth-order valence-corrected chi connectivity index (χ4v) is 1.93. The Kier molecular flexibility index (Phi) is 4.49. The highest BCUT2D eigenvalue weighted by atomic mass is 35.5. The van der Waals surface area contributed by atoms with Gasteiger partial charge in [-0.2, -0.15) is 0 Å². The first-order valence-electron chi connectivity index (χ1n) is 5.84. The molecule has 19 heavy (non-hydrogen) atoms. The Balaban J connectivity index is 1.95. The second-order valence-corrected chi connectivity index (χ2v) is 4.54. The first kappa shape index (κ1) is 13.5. The number of benzene rings is 1. The van der Waals surface area contributed by atoms with Gasteiger partial charge in [-0.25, -0.2) is 0 Å². The molecule has 0 aliphatic heterocycles. The molecule has 0 aliphatic carbocycles. The average Bonchev–Trinajstić information content (AvgIpc) is 2.41. The van der Waals surface area contributed by atoms with Crippen molar-refractivity contribution in [3.05, 3.63) is 64.4 Å². The smallest absolute Gasteiger partial charge is 0.248 e. The number of carbonyl (C=O) groups excluding carboxylic acids is 1. The number of carbonyl (C=O) groups is 1. The molecule has 1 amide bonds.